The van der Waals surface area contributed by atoms with Crippen molar-refractivity contribution in [2.24, 2.45) is 0 Å². The summed E-state index contributed by atoms with van der Waals surface area (Å²) >= 11 is 0. The second kappa shape index (κ2) is 6.92. The molecule has 0 aliphatic carbocycles. The van der Waals surface area contributed by atoms with E-state index in [9.17, 15) is 0 Å². The third-order valence-electron chi connectivity index (χ3n) is 4.44. The fraction of sp³-hybridized carbons (Fsp3) is 0.200. The van der Waals surface area contributed by atoms with Gasteiger partial charge < -0.3 is 9.42 Å². The van der Waals surface area contributed by atoms with Crippen LogP contribution in [0.4, 0.5) is 5.82 Å². The van der Waals surface area contributed by atoms with E-state index in [1.165, 1.54) is 17.5 Å². The Morgan fingerprint density at radius 3 is 2.69 bits per heavy atom. The summed E-state index contributed by atoms with van der Waals surface area (Å²) in [4.78, 5) is 15.2. The first-order valence-electron chi connectivity index (χ1n) is 8.47. The summed E-state index contributed by atoms with van der Waals surface area (Å²) in [5.41, 5.74) is 4.90. The van der Waals surface area contributed by atoms with Crippen molar-refractivity contribution in [1.82, 2.24) is 20.1 Å². The van der Waals surface area contributed by atoms with Gasteiger partial charge in [0.15, 0.2) is 0 Å². The Hall–Kier alpha value is -3.28. The highest BCUT2D eigenvalue weighted by molar-refractivity contribution is 5.87. The molecule has 0 radical (unpaired) electrons. The summed E-state index contributed by atoms with van der Waals surface area (Å²) in [5, 5.41) is 4.91. The molecule has 0 spiro atoms. The van der Waals surface area contributed by atoms with Crippen LogP contribution in [0.3, 0.4) is 0 Å². The second-order valence-corrected chi connectivity index (χ2v) is 6.29. The van der Waals surface area contributed by atoms with E-state index in [2.05, 4.69) is 62.3 Å². The Kier molecular flexibility index (Phi) is 4.31. The van der Waals surface area contributed by atoms with Crippen molar-refractivity contribution in [3.05, 3.63) is 77.5 Å². The van der Waals surface area contributed by atoms with Crippen molar-refractivity contribution in [2.75, 3.05) is 4.90 Å². The van der Waals surface area contributed by atoms with E-state index in [-0.39, 0.29) is 0 Å². The molecule has 1 aromatic carbocycles. The zero-order valence-corrected chi connectivity index (χ0v) is 14.8. The van der Waals surface area contributed by atoms with Gasteiger partial charge in [0.1, 0.15) is 17.5 Å². The number of nitrogens with zero attached hydrogens (tertiary/aromatic N) is 5. The average molecular weight is 345 g/mol. The lowest BCUT2D eigenvalue weighted by Gasteiger charge is -2.25. The minimum atomic E-state index is 0.508. The third kappa shape index (κ3) is 3.13. The van der Waals surface area contributed by atoms with Gasteiger partial charge in [0.25, 0.3) is 5.71 Å². The van der Waals surface area contributed by atoms with Crippen LogP contribution in [0.1, 0.15) is 22.4 Å². The Labute approximate surface area is 151 Å². The van der Waals surface area contributed by atoms with E-state index in [0.717, 1.165) is 29.0 Å². The number of hydrogen-bond acceptors (Lipinski definition) is 6. The highest BCUT2D eigenvalue weighted by Gasteiger charge is 2.19. The Balaban J connectivity index is 1.79. The molecule has 3 aromatic heterocycles. The van der Waals surface area contributed by atoms with Gasteiger partial charge in [-0.2, -0.15) is 4.98 Å². The maximum Gasteiger partial charge on any atom is 0.263 e. The first kappa shape index (κ1) is 16.2. The molecule has 0 fully saturated rings. The number of aromatic nitrogens is 4. The summed E-state index contributed by atoms with van der Waals surface area (Å²) in [6, 6.07) is 12.4. The van der Waals surface area contributed by atoms with Crippen LogP contribution >= 0.6 is 0 Å². The topological polar surface area (TPSA) is 67.9 Å². The van der Waals surface area contributed by atoms with Crippen molar-refractivity contribution in [1.29, 1.82) is 0 Å². The van der Waals surface area contributed by atoms with Crippen LogP contribution in [0.5, 0.6) is 0 Å². The van der Waals surface area contributed by atoms with Gasteiger partial charge in [-0.3, -0.25) is 4.98 Å². The van der Waals surface area contributed by atoms with E-state index in [1.54, 1.807) is 6.20 Å². The maximum absolute atomic E-state index is 5.32. The van der Waals surface area contributed by atoms with Gasteiger partial charge in [-0.05, 0) is 36.6 Å². The lowest BCUT2D eigenvalue weighted by atomic mass is 10.1. The van der Waals surface area contributed by atoms with Gasteiger partial charge in [0, 0.05) is 25.5 Å². The standard InChI is InChI=1S/C20H19N5O/c1-14-6-3-4-8-17(14)12-25(11-16-7-5-9-21-10-16)19-18-15(2)24-26-20(18)23-13-22-19/h3-10,13H,11-12H2,1-2H3. The molecule has 26 heavy (non-hydrogen) atoms. The predicted octanol–water partition coefficient (Wildman–Crippen LogP) is 3.84. The number of hydrogen-bond donors (Lipinski definition) is 0. The molecule has 6 heteroatoms. The molecular weight excluding hydrogens is 326 g/mol. The summed E-state index contributed by atoms with van der Waals surface area (Å²) in [5.74, 6) is 0.820. The summed E-state index contributed by atoms with van der Waals surface area (Å²) < 4.78 is 5.32. The molecule has 0 amide bonds. The molecule has 3 heterocycles. The molecule has 0 bridgehead atoms. The molecule has 4 aromatic rings. The smallest absolute Gasteiger partial charge is 0.263 e. The molecule has 0 atom stereocenters. The lowest BCUT2D eigenvalue weighted by molar-refractivity contribution is 0.442. The molecule has 0 saturated heterocycles. The minimum absolute atomic E-state index is 0.508. The number of benzene rings is 1. The van der Waals surface area contributed by atoms with Crippen LogP contribution in [0.25, 0.3) is 11.1 Å². The zero-order valence-electron chi connectivity index (χ0n) is 14.8. The molecule has 0 aliphatic heterocycles. The van der Waals surface area contributed by atoms with Crippen molar-refractivity contribution >= 4 is 16.9 Å². The Bertz CT molecular complexity index is 1030. The van der Waals surface area contributed by atoms with Crippen molar-refractivity contribution < 1.29 is 4.52 Å². The number of aryl methyl sites for hydroxylation is 2. The SMILES string of the molecule is Cc1ccccc1CN(Cc1cccnc1)c1ncnc2onc(C)c12. The van der Waals surface area contributed by atoms with Crippen molar-refractivity contribution in [3.8, 4) is 0 Å². The van der Waals surface area contributed by atoms with Crippen LogP contribution < -0.4 is 4.90 Å². The highest BCUT2D eigenvalue weighted by Crippen LogP contribution is 2.28. The minimum Gasteiger partial charge on any atom is -0.347 e. The monoisotopic (exact) mass is 345 g/mol. The molecule has 130 valence electrons. The van der Waals surface area contributed by atoms with Crippen LogP contribution in [-0.2, 0) is 13.1 Å². The second-order valence-electron chi connectivity index (χ2n) is 6.29. The van der Waals surface area contributed by atoms with Gasteiger partial charge in [0.2, 0.25) is 0 Å². The van der Waals surface area contributed by atoms with E-state index in [1.807, 2.05) is 19.2 Å². The van der Waals surface area contributed by atoms with Gasteiger partial charge in [-0.1, -0.05) is 35.5 Å². The first-order valence-corrected chi connectivity index (χ1v) is 8.47. The van der Waals surface area contributed by atoms with Crippen molar-refractivity contribution in [3.63, 3.8) is 0 Å². The van der Waals surface area contributed by atoms with Crippen LogP contribution in [-0.4, -0.2) is 20.1 Å². The van der Waals surface area contributed by atoms with E-state index < -0.39 is 0 Å². The van der Waals surface area contributed by atoms with E-state index in [0.29, 0.717) is 12.3 Å². The van der Waals surface area contributed by atoms with Crippen molar-refractivity contribution in [2.45, 2.75) is 26.9 Å². The van der Waals surface area contributed by atoms with Gasteiger partial charge in [-0.25, -0.2) is 4.98 Å². The first-order chi connectivity index (χ1) is 12.7. The summed E-state index contributed by atoms with van der Waals surface area (Å²) in [6.45, 7) is 5.43. The zero-order chi connectivity index (χ0) is 17.9. The number of fused-ring (bicyclic) bond motifs is 1. The average Bonchev–Trinajstić information content (AvgIpc) is 3.05. The largest absolute Gasteiger partial charge is 0.347 e. The maximum atomic E-state index is 5.32. The van der Waals surface area contributed by atoms with E-state index >= 15 is 0 Å². The fourth-order valence-corrected chi connectivity index (χ4v) is 3.05. The quantitative estimate of drug-likeness (QED) is 0.547. The van der Waals surface area contributed by atoms with Crippen LogP contribution in [0.15, 0.2) is 59.6 Å². The normalized spacial score (nSPS) is 11.0. The summed E-state index contributed by atoms with van der Waals surface area (Å²) in [6.07, 6.45) is 5.18. The number of anilines is 1. The Morgan fingerprint density at radius 2 is 1.88 bits per heavy atom. The van der Waals surface area contributed by atoms with Gasteiger partial charge in [-0.15, -0.1) is 0 Å². The molecule has 0 aliphatic rings. The summed E-state index contributed by atoms with van der Waals surface area (Å²) in [7, 11) is 0. The highest BCUT2D eigenvalue weighted by atomic mass is 16.5. The lowest BCUT2D eigenvalue weighted by Crippen LogP contribution is -2.24. The number of rotatable bonds is 5. The molecule has 0 saturated carbocycles. The fourth-order valence-electron chi connectivity index (χ4n) is 3.05. The Morgan fingerprint density at radius 1 is 1.00 bits per heavy atom. The molecule has 0 N–H and O–H groups in total. The number of pyridine rings is 1. The molecular formula is C20H19N5O. The predicted molar refractivity (Wildman–Crippen MR) is 99.6 cm³/mol. The molecule has 4 rings (SSSR count). The van der Waals surface area contributed by atoms with Gasteiger partial charge >= 0.3 is 0 Å². The van der Waals surface area contributed by atoms with Crippen LogP contribution in [0.2, 0.25) is 0 Å². The van der Waals surface area contributed by atoms with Gasteiger partial charge in [0.05, 0.1) is 5.69 Å². The molecule has 6 nitrogen and oxygen atoms in total. The molecule has 0 unspecified atom stereocenters. The third-order valence-corrected chi connectivity index (χ3v) is 4.44. The van der Waals surface area contributed by atoms with E-state index in [4.69, 9.17) is 4.52 Å². The van der Waals surface area contributed by atoms with Crippen LogP contribution in [0, 0.1) is 13.8 Å².